The molecule has 1 aliphatic rings. The van der Waals surface area contributed by atoms with Crippen LogP contribution in [0.1, 0.15) is 38.8 Å². The molecule has 0 spiro atoms. The van der Waals surface area contributed by atoms with Crippen molar-refractivity contribution in [2.45, 2.75) is 58.7 Å². The Kier molecular flexibility index (Phi) is 7.81. The predicted octanol–water partition coefficient (Wildman–Crippen LogP) is 2.29. The van der Waals surface area contributed by atoms with Crippen molar-refractivity contribution in [3.8, 4) is 0 Å². The molecule has 2 unspecified atom stereocenters. The maximum absolute atomic E-state index is 13.8. The van der Waals surface area contributed by atoms with Gasteiger partial charge in [0.2, 0.25) is 11.8 Å². The summed E-state index contributed by atoms with van der Waals surface area (Å²) in [4.78, 5) is 45.6. The highest BCUT2D eigenvalue weighted by atomic mass is 16.2. The number of hydrogen-bond donors (Lipinski definition) is 3. The van der Waals surface area contributed by atoms with Gasteiger partial charge in [-0.25, -0.2) is 4.98 Å². The molecule has 1 aromatic carbocycles. The lowest BCUT2D eigenvalue weighted by Crippen LogP contribution is -2.57. The van der Waals surface area contributed by atoms with Crippen molar-refractivity contribution in [1.29, 1.82) is 0 Å². The molecule has 0 saturated carbocycles. The zero-order chi connectivity index (χ0) is 24.1. The van der Waals surface area contributed by atoms with Crippen molar-refractivity contribution in [3.05, 3.63) is 53.7 Å². The Morgan fingerprint density at radius 1 is 1.12 bits per heavy atom. The number of aromatic nitrogens is 1. The molecule has 8 nitrogen and oxygen atoms in total. The molecule has 3 rings (SSSR count). The van der Waals surface area contributed by atoms with Gasteiger partial charge in [0.1, 0.15) is 17.9 Å². The highest BCUT2D eigenvalue weighted by molar-refractivity contribution is 6.09. The van der Waals surface area contributed by atoms with Crippen LogP contribution in [0.4, 0.5) is 11.5 Å². The average Bonchev–Trinajstić information content (AvgIpc) is 3.21. The summed E-state index contributed by atoms with van der Waals surface area (Å²) in [5, 5.41) is 8.74. The van der Waals surface area contributed by atoms with Gasteiger partial charge >= 0.3 is 0 Å². The van der Waals surface area contributed by atoms with Gasteiger partial charge in [0.25, 0.3) is 5.91 Å². The Labute approximate surface area is 195 Å². The number of carbonyl (C=O) groups is 3. The Morgan fingerprint density at radius 3 is 2.52 bits per heavy atom. The van der Waals surface area contributed by atoms with E-state index in [2.05, 4.69) is 20.9 Å². The Bertz CT molecular complexity index is 1020. The summed E-state index contributed by atoms with van der Waals surface area (Å²) in [6, 6.07) is 9.31. The second-order valence-corrected chi connectivity index (χ2v) is 8.65. The Hall–Kier alpha value is -3.26. The van der Waals surface area contributed by atoms with E-state index in [4.69, 9.17) is 0 Å². The van der Waals surface area contributed by atoms with Crippen LogP contribution in [0.5, 0.6) is 0 Å². The molecule has 0 radical (unpaired) electrons. The van der Waals surface area contributed by atoms with Crippen molar-refractivity contribution < 1.29 is 14.4 Å². The van der Waals surface area contributed by atoms with Crippen molar-refractivity contribution in [2.75, 3.05) is 17.3 Å². The van der Waals surface area contributed by atoms with Gasteiger partial charge in [0.05, 0.1) is 6.04 Å². The molecule has 1 aromatic heterocycles. The third-order valence-corrected chi connectivity index (χ3v) is 6.07. The van der Waals surface area contributed by atoms with E-state index in [0.717, 1.165) is 23.2 Å². The summed E-state index contributed by atoms with van der Waals surface area (Å²) in [6.45, 7) is 7.49. The molecule has 176 valence electrons. The van der Waals surface area contributed by atoms with E-state index in [-0.39, 0.29) is 23.6 Å². The van der Waals surface area contributed by atoms with Crippen molar-refractivity contribution in [2.24, 2.45) is 5.92 Å². The SMILES string of the molecule is CCc1ccccc1NC(=O)C1Cc2cccnc2N1C(=O)C(NC(=O)[C@H](C)NC)C(C)C. The van der Waals surface area contributed by atoms with Crippen molar-refractivity contribution in [1.82, 2.24) is 15.6 Å². The number of benzene rings is 1. The minimum atomic E-state index is -0.792. The van der Waals surface area contributed by atoms with E-state index in [0.29, 0.717) is 12.2 Å². The van der Waals surface area contributed by atoms with Gasteiger partial charge in [-0.1, -0.05) is 45.0 Å². The van der Waals surface area contributed by atoms with Gasteiger partial charge in [-0.2, -0.15) is 0 Å². The largest absolute Gasteiger partial charge is 0.343 e. The van der Waals surface area contributed by atoms with Crippen LogP contribution in [0.15, 0.2) is 42.6 Å². The fourth-order valence-corrected chi connectivity index (χ4v) is 3.96. The molecule has 3 amide bonds. The molecule has 2 aromatic rings. The number of amides is 3. The summed E-state index contributed by atoms with van der Waals surface area (Å²) >= 11 is 0. The number of carbonyl (C=O) groups excluding carboxylic acids is 3. The number of aryl methyl sites for hydroxylation is 1. The third kappa shape index (κ3) is 5.22. The fraction of sp³-hybridized carbons (Fsp3) is 0.440. The number of para-hydroxylation sites is 1. The maximum atomic E-state index is 13.8. The van der Waals surface area contributed by atoms with E-state index >= 15 is 0 Å². The second-order valence-electron chi connectivity index (χ2n) is 8.65. The van der Waals surface area contributed by atoms with E-state index in [1.807, 2.05) is 51.1 Å². The van der Waals surface area contributed by atoms with E-state index in [9.17, 15) is 14.4 Å². The van der Waals surface area contributed by atoms with Crippen LogP contribution in [-0.4, -0.2) is 47.9 Å². The normalized spacial score (nSPS) is 16.8. The van der Waals surface area contributed by atoms with Gasteiger partial charge in [-0.05, 0) is 49.6 Å². The molecular weight excluding hydrogens is 418 g/mol. The third-order valence-electron chi connectivity index (χ3n) is 6.07. The lowest BCUT2D eigenvalue weighted by atomic mass is 10.0. The van der Waals surface area contributed by atoms with Gasteiger partial charge in [0.15, 0.2) is 0 Å². The molecule has 3 N–H and O–H groups in total. The molecule has 1 aliphatic heterocycles. The smallest absolute Gasteiger partial charge is 0.251 e. The number of nitrogens with zero attached hydrogens (tertiary/aromatic N) is 2. The van der Waals surface area contributed by atoms with Crippen LogP contribution in [0.25, 0.3) is 0 Å². The number of anilines is 2. The summed E-state index contributed by atoms with van der Waals surface area (Å²) in [7, 11) is 1.69. The minimum Gasteiger partial charge on any atom is -0.343 e. The highest BCUT2D eigenvalue weighted by Gasteiger charge is 2.43. The van der Waals surface area contributed by atoms with Gasteiger partial charge in [-0.3, -0.25) is 19.3 Å². The fourth-order valence-electron chi connectivity index (χ4n) is 3.96. The van der Waals surface area contributed by atoms with E-state index in [1.165, 1.54) is 4.90 Å². The van der Waals surface area contributed by atoms with Crippen LogP contribution in [0, 0.1) is 5.92 Å². The van der Waals surface area contributed by atoms with Crippen LogP contribution in [0.2, 0.25) is 0 Å². The first-order chi connectivity index (χ1) is 15.8. The molecule has 3 atom stereocenters. The summed E-state index contributed by atoms with van der Waals surface area (Å²) in [6.07, 6.45) is 2.75. The summed E-state index contributed by atoms with van der Waals surface area (Å²) < 4.78 is 0. The average molecular weight is 452 g/mol. The zero-order valence-corrected chi connectivity index (χ0v) is 19.9. The number of nitrogens with one attached hydrogen (secondary N) is 3. The molecule has 0 fully saturated rings. The minimum absolute atomic E-state index is 0.178. The van der Waals surface area contributed by atoms with E-state index in [1.54, 1.807) is 26.2 Å². The first-order valence-corrected chi connectivity index (χ1v) is 11.4. The quantitative estimate of drug-likeness (QED) is 0.571. The second kappa shape index (κ2) is 10.6. The number of pyridine rings is 1. The lowest BCUT2D eigenvalue weighted by molar-refractivity contribution is -0.130. The molecule has 33 heavy (non-hydrogen) atoms. The zero-order valence-electron chi connectivity index (χ0n) is 19.9. The van der Waals surface area contributed by atoms with Crippen molar-refractivity contribution >= 4 is 29.2 Å². The maximum Gasteiger partial charge on any atom is 0.251 e. The number of rotatable bonds is 8. The molecule has 0 bridgehead atoms. The Morgan fingerprint density at radius 2 is 1.85 bits per heavy atom. The molecular formula is C25H33N5O3. The molecule has 0 saturated heterocycles. The lowest BCUT2D eigenvalue weighted by Gasteiger charge is -2.31. The first kappa shape index (κ1) is 24.4. The first-order valence-electron chi connectivity index (χ1n) is 11.4. The topological polar surface area (TPSA) is 103 Å². The Balaban J connectivity index is 1.92. The number of hydrogen-bond acceptors (Lipinski definition) is 5. The van der Waals surface area contributed by atoms with Crippen LogP contribution in [-0.2, 0) is 27.2 Å². The predicted molar refractivity (Wildman–Crippen MR) is 129 cm³/mol. The van der Waals surface area contributed by atoms with Crippen LogP contribution < -0.4 is 20.9 Å². The standard InChI is InChI=1S/C25H33N5O3/c1-6-17-10-7-8-12-19(17)28-24(32)20-14-18-11-9-13-27-22(18)30(20)25(33)21(15(2)3)29-23(31)16(4)26-5/h7-13,15-16,20-21,26H,6,14H2,1-5H3,(H,28,32)(H,29,31)/t16-,20?,21?/m0/s1. The molecule has 0 aliphatic carbocycles. The number of fused-ring (bicyclic) bond motifs is 1. The monoisotopic (exact) mass is 451 g/mol. The van der Waals surface area contributed by atoms with Gasteiger partial charge in [-0.15, -0.1) is 0 Å². The summed E-state index contributed by atoms with van der Waals surface area (Å²) in [5.41, 5.74) is 2.58. The molecule has 8 heteroatoms. The van der Waals surface area contributed by atoms with E-state index < -0.39 is 18.1 Å². The van der Waals surface area contributed by atoms with Gasteiger partial charge < -0.3 is 16.0 Å². The van der Waals surface area contributed by atoms with Crippen LogP contribution in [0.3, 0.4) is 0 Å². The highest BCUT2D eigenvalue weighted by Crippen LogP contribution is 2.32. The van der Waals surface area contributed by atoms with Gasteiger partial charge in [0, 0.05) is 18.3 Å². The number of likely N-dealkylation sites (N-methyl/N-ethyl adjacent to an activating group) is 1. The van der Waals surface area contributed by atoms with Crippen molar-refractivity contribution in [3.63, 3.8) is 0 Å². The van der Waals surface area contributed by atoms with Crippen LogP contribution >= 0.6 is 0 Å². The summed E-state index contributed by atoms with van der Waals surface area (Å²) in [5.74, 6) is -0.610. The molecule has 2 heterocycles.